The molecule has 2 rings (SSSR count). The number of hydrogen-bond donors (Lipinski definition) is 1. The van der Waals surface area contributed by atoms with Crippen molar-refractivity contribution < 1.29 is 9.90 Å². The van der Waals surface area contributed by atoms with Gasteiger partial charge in [-0.1, -0.05) is 26.2 Å². The quantitative estimate of drug-likeness (QED) is 0.687. The average Bonchev–Trinajstić information content (AvgIpc) is 3.24. The topological polar surface area (TPSA) is 45.5 Å². The highest BCUT2D eigenvalue weighted by atomic mass is 79.9. The number of carbonyl (C=O) groups excluding carboxylic acids is 1. The summed E-state index contributed by atoms with van der Waals surface area (Å²) in [7, 11) is 0. The number of nitrogens with zero attached hydrogens (tertiary/aromatic N) is 2. The van der Waals surface area contributed by atoms with E-state index in [0.717, 1.165) is 42.4 Å². The van der Waals surface area contributed by atoms with Crippen LogP contribution in [0.2, 0.25) is 0 Å². The van der Waals surface area contributed by atoms with E-state index in [4.69, 9.17) is 0 Å². The van der Waals surface area contributed by atoms with Crippen molar-refractivity contribution in [2.24, 2.45) is 0 Å². The van der Waals surface area contributed by atoms with Crippen molar-refractivity contribution in [1.29, 1.82) is 0 Å². The minimum Gasteiger partial charge on any atom is -0.395 e. The maximum absolute atomic E-state index is 12.7. The molecular formula is C16H25BrN2O2. The lowest BCUT2D eigenvalue weighted by Crippen LogP contribution is -2.35. The predicted octanol–water partition coefficient (Wildman–Crippen LogP) is 3.60. The molecule has 0 bridgehead atoms. The van der Waals surface area contributed by atoms with E-state index < -0.39 is 0 Å². The molecule has 0 aliphatic heterocycles. The number of rotatable bonds is 9. The lowest BCUT2D eigenvalue weighted by molar-refractivity contribution is 0.0707. The van der Waals surface area contributed by atoms with Gasteiger partial charge in [-0.25, -0.2) is 0 Å². The van der Waals surface area contributed by atoms with E-state index in [9.17, 15) is 9.90 Å². The first kappa shape index (κ1) is 16.6. The van der Waals surface area contributed by atoms with Gasteiger partial charge in [0, 0.05) is 29.8 Å². The third-order valence-electron chi connectivity index (χ3n) is 3.91. The summed E-state index contributed by atoms with van der Waals surface area (Å²) in [5.41, 5.74) is 0.744. The molecule has 0 spiro atoms. The van der Waals surface area contributed by atoms with Crippen molar-refractivity contribution in [2.75, 3.05) is 19.7 Å². The molecule has 0 unspecified atom stereocenters. The van der Waals surface area contributed by atoms with Crippen LogP contribution in [0, 0.1) is 0 Å². The van der Waals surface area contributed by atoms with Crippen LogP contribution >= 0.6 is 15.9 Å². The highest BCUT2D eigenvalue weighted by Gasteiger charge is 2.29. The molecule has 1 aliphatic carbocycles. The van der Waals surface area contributed by atoms with E-state index in [-0.39, 0.29) is 12.5 Å². The first-order valence-corrected chi connectivity index (χ1v) is 8.74. The van der Waals surface area contributed by atoms with E-state index in [0.29, 0.717) is 12.6 Å². The molecule has 1 amide bonds. The normalized spacial score (nSPS) is 14.4. The van der Waals surface area contributed by atoms with Gasteiger partial charge in [-0.3, -0.25) is 4.79 Å². The lowest BCUT2D eigenvalue weighted by Gasteiger charge is -2.22. The highest BCUT2D eigenvalue weighted by Crippen LogP contribution is 2.37. The van der Waals surface area contributed by atoms with Gasteiger partial charge >= 0.3 is 0 Å². The summed E-state index contributed by atoms with van der Waals surface area (Å²) in [6.07, 6.45) is 8.83. The van der Waals surface area contributed by atoms with Gasteiger partial charge in [0.05, 0.1) is 6.61 Å². The fraction of sp³-hybridized carbons (Fsp3) is 0.688. The summed E-state index contributed by atoms with van der Waals surface area (Å²) >= 11 is 3.47. The van der Waals surface area contributed by atoms with Gasteiger partial charge in [-0.2, -0.15) is 0 Å². The third kappa shape index (κ3) is 4.58. The first-order valence-electron chi connectivity index (χ1n) is 7.95. The van der Waals surface area contributed by atoms with Crippen LogP contribution in [0.15, 0.2) is 16.7 Å². The zero-order valence-electron chi connectivity index (χ0n) is 12.7. The Kier molecular flexibility index (Phi) is 6.30. The van der Waals surface area contributed by atoms with Gasteiger partial charge < -0.3 is 14.6 Å². The Morgan fingerprint density at radius 2 is 2.14 bits per heavy atom. The van der Waals surface area contributed by atoms with Crippen LogP contribution in [-0.2, 0) is 0 Å². The maximum atomic E-state index is 12.7. The van der Waals surface area contributed by atoms with Crippen LogP contribution in [0.25, 0.3) is 0 Å². The molecule has 4 nitrogen and oxygen atoms in total. The van der Waals surface area contributed by atoms with E-state index in [2.05, 4.69) is 27.4 Å². The largest absolute Gasteiger partial charge is 0.395 e. The van der Waals surface area contributed by atoms with Crippen LogP contribution in [0.5, 0.6) is 0 Å². The molecule has 5 heteroatoms. The number of amides is 1. The van der Waals surface area contributed by atoms with Gasteiger partial charge in [0.2, 0.25) is 0 Å². The molecule has 1 fully saturated rings. The standard InChI is InChI=1S/C16H25BrN2O2/c1-2-3-4-5-8-18(9-10-20)16(21)15-11-13(17)12-19(15)14-6-7-14/h11-12,14,20H,2-10H2,1H3. The van der Waals surface area contributed by atoms with Crippen molar-refractivity contribution >= 4 is 21.8 Å². The first-order chi connectivity index (χ1) is 10.2. The molecule has 0 saturated heterocycles. The van der Waals surface area contributed by atoms with Crippen LogP contribution in [0.1, 0.15) is 62.0 Å². The zero-order chi connectivity index (χ0) is 15.2. The summed E-state index contributed by atoms with van der Waals surface area (Å²) < 4.78 is 3.04. The molecule has 1 saturated carbocycles. The Labute approximate surface area is 135 Å². The van der Waals surface area contributed by atoms with Crippen molar-refractivity contribution in [3.63, 3.8) is 0 Å². The van der Waals surface area contributed by atoms with Gasteiger partial charge in [0.15, 0.2) is 0 Å². The van der Waals surface area contributed by atoms with Crippen molar-refractivity contribution in [3.05, 3.63) is 22.4 Å². The van der Waals surface area contributed by atoms with Gasteiger partial charge in [0.25, 0.3) is 5.91 Å². The molecule has 118 valence electrons. The average molecular weight is 357 g/mol. The summed E-state index contributed by atoms with van der Waals surface area (Å²) in [5, 5.41) is 9.22. The second kappa shape index (κ2) is 7.99. The molecule has 1 aliphatic rings. The fourth-order valence-corrected chi connectivity index (χ4v) is 3.04. The molecule has 1 heterocycles. The van der Waals surface area contributed by atoms with Crippen molar-refractivity contribution in [2.45, 2.75) is 51.5 Å². The third-order valence-corrected chi connectivity index (χ3v) is 4.35. The monoisotopic (exact) mass is 356 g/mol. The van der Waals surface area contributed by atoms with Crippen molar-refractivity contribution in [3.8, 4) is 0 Å². The Morgan fingerprint density at radius 3 is 2.76 bits per heavy atom. The lowest BCUT2D eigenvalue weighted by atomic mass is 10.2. The van der Waals surface area contributed by atoms with Crippen LogP contribution < -0.4 is 0 Å². The number of hydrogen-bond acceptors (Lipinski definition) is 2. The Morgan fingerprint density at radius 1 is 1.38 bits per heavy atom. The smallest absolute Gasteiger partial charge is 0.270 e. The summed E-state index contributed by atoms with van der Waals surface area (Å²) in [6, 6.07) is 2.38. The van der Waals surface area contributed by atoms with Gasteiger partial charge in [-0.15, -0.1) is 0 Å². The molecule has 1 aromatic rings. The Balaban J connectivity index is 2.03. The minimum atomic E-state index is 0.0187. The molecule has 0 radical (unpaired) electrons. The van der Waals surface area contributed by atoms with E-state index >= 15 is 0 Å². The Bertz CT molecular complexity index is 469. The second-order valence-electron chi connectivity index (χ2n) is 5.76. The van der Waals surface area contributed by atoms with E-state index in [1.165, 1.54) is 12.8 Å². The molecule has 1 N–H and O–H groups in total. The molecule has 0 aromatic carbocycles. The summed E-state index contributed by atoms with van der Waals surface area (Å²) in [5.74, 6) is 0.0400. The molecule has 0 atom stereocenters. The van der Waals surface area contributed by atoms with E-state index in [1.807, 2.05) is 12.3 Å². The van der Waals surface area contributed by atoms with Crippen molar-refractivity contribution in [1.82, 2.24) is 9.47 Å². The van der Waals surface area contributed by atoms with Gasteiger partial charge in [-0.05, 0) is 41.3 Å². The predicted molar refractivity (Wildman–Crippen MR) is 87.5 cm³/mol. The Hall–Kier alpha value is -0.810. The number of aliphatic hydroxyl groups is 1. The number of aliphatic hydroxyl groups excluding tert-OH is 1. The van der Waals surface area contributed by atoms with Crippen LogP contribution in [0.4, 0.5) is 0 Å². The number of unbranched alkanes of at least 4 members (excludes halogenated alkanes) is 3. The molecule has 21 heavy (non-hydrogen) atoms. The SMILES string of the molecule is CCCCCCN(CCO)C(=O)c1cc(Br)cn1C1CC1. The summed E-state index contributed by atoms with van der Waals surface area (Å²) in [4.78, 5) is 14.5. The number of aromatic nitrogens is 1. The van der Waals surface area contributed by atoms with Crippen LogP contribution in [0.3, 0.4) is 0 Å². The zero-order valence-corrected chi connectivity index (χ0v) is 14.3. The number of halogens is 1. The fourth-order valence-electron chi connectivity index (χ4n) is 2.60. The van der Waals surface area contributed by atoms with E-state index in [1.54, 1.807) is 4.90 Å². The maximum Gasteiger partial charge on any atom is 0.270 e. The summed E-state index contributed by atoms with van der Waals surface area (Å²) in [6.45, 7) is 3.34. The molecular weight excluding hydrogens is 332 g/mol. The minimum absolute atomic E-state index is 0.0187. The van der Waals surface area contributed by atoms with Gasteiger partial charge in [0.1, 0.15) is 5.69 Å². The number of carbonyl (C=O) groups is 1. The highest BCUT2D eigenvalue weighted by molar-refractivity contribution is 9.10. The second-order valence-corrected chi connectivity index (χ2v) is 6.67. The van der Waals surface area contributed by atoms with Crippen LogP contribution in [-0.4, -0.2) is 40.2 Å². The molecule has 1 aromatic heterocycles.